The third-order valence-electron chi connectivity index (χ3n) is 1.64. The van der Waals surface area contributed by atoms with Crippen LogP contribution in [0.15, 0.2) is 18.2 Å². The van der Waals surface area contributed by atoms with Gasteiger partial charge in [0, 0.05) is 5.33 Å². The van der Waals surface area contributed by atoms with Gasteiger partial charge in [0.15, 0.2) is 0 Å². The SMILES string of the molecule is COC(=O)c1cc(O)ccc1CBr. The number of benzene rings is 1. The van der Waals surface area contributed by atoms with Gasteiger partial charge in [-0.15, -0.1) is 0 Å². The van der Waals surface area contributed by atoms with Crippen molar-refractivity contribution in [3.8, 4) is 5.75 Å². The Balaban J connectivity index is 3.15. The first-order valence-corrected chi connectivity index (χ1v) is 4.77. The summed E-state index contributed by atoms with van der Waals surface area (Å²) >= 11 is 3.24. The van der Waals surface area contributed by atoms with Crippen molar-refractivity contribution in [3.63, 3.8) is 0 Å². The van der Waals surface area contributed by atoms with E-state index in [4.69, 9.17) is 5.11 Å². The fourth-order valence-electron chi connectivity index (χ4n) is 0.981. The van der Waals surface area contributed by atoms with Crippen LogP contribution >= 0.6 is 15.9 Å². The summed E-state index contributed by atoms with van der Waals surface area (Å²) in [6.45, 7) is 0. The Hall–Kier alpha value is -1.03. The van der Waals surface area contributed by atoms with Gasteiger partial charge in [0.25, 0.3) is 0 Å². The summed E-state index contributed by atoms with van der Waals surface area (Å²) < 4.78 is 4.56. The molecule has 1 aromatic rings. The van der Waals surface area contributed by atoms with Gasteiger partial charge in [-0.2, -0.15) is 0 Å². The van der Waals surface area contributed by atoms with E-state index in [9.17, 15) is 4.79 Å². The highest BCUT2D eigenvalue weighted by Gasteiger charge is 2.11. The standard InChI is InChI=1S/C9H9BrO3/c1-13-9(12)8-4-7(11)3-2-6(8)5-10/h2-4,11H,5H2,1H3. The summed E-state index contributed by atoms with van der Waals surface area (Å²) in [6, 6.07) is 4.60. The summed E-state index contributed by atoms with van der Waals surface area (Å²) in [5.41, 5.74) is 1.18. The Bertz CT molecular complexity index is 323. The molecule has 0 saturated carbocycles. The Morgan fingerprint density at radius 1 is 1.62 bits per heavy atom. The highest BCUT2D eigenvalue weighted by Crippen LogP contribution is 2.19. The van der Waals surface area contributed by atoms with Gasteiger partial charge in [-0.3, -0.25) is 0 Å². The predicted octanol–water partition coefficient (Wildman–Crippen LogP) is 2.07. The van der Waals surface area contributed by atoms with Crippen LogP contribution in [0.5, 0.6) is 5.75 Å². The number of aromatic hydroxyl groups is 1. The van der Waals surface area contributed by atoms with Crippen LogP contribution in [0.1, 0.15) is 15.9 Å². The lowest BCUT2D eigenvalue weighted by molar-refractivity contribution is 0.0599. The number of phenols is 1. The van der Waals surface area contributed by atoms with Crippen molar-refractivity contribution in [2.75, 3.05) is 7.11 Å². The van der Waals surface area contributed by atoms with E-state index in [0.717, 1.165) is 5.56 Å². The molecular weight excluding hydrogens is 236 g/mol. The molecule has 70 valence electrons. The van der Waals surface area contributed by atoms with Gasteiger partial charge >= 0.3 is 5.97 Å². The lowest BCUT2D eigenvalue weighted by atomic mass is 10.1. The van der Waals surface area contributed by atoms with Crippen molar-refractivity contribution in [2.24, 2.45) is 0 Å². The molecule has 3 nitrogen and oxygen atoms in total. The summed E-state index contributed by atoms with van der Waals surface area (Å²) in [4.78, 5) is 11.2. The zero-order valence-electron chi connectivity index (χ0n) is 7.08. The number of halogens is 1. The number of alkyl halides is 1. The molecule has 0 bridgehead atoms. The molecule has 0 aliphatic rings. The molecule has 0 aromatic heterocycles. The fourth-order valence-corrected chi connectivity index (χ4v) is 1.47. The molecule has 0 heterocycles. The number of carbonyl (C=O) groups is 1. The molecule has 13 heavy (non-hydrogen) atoms. The number of rotatable bonds is 2. The van der Waals surface area contributed by atoms with E-state index in [1.165, 1.54) is 19.2 Å². The predicted molar refractivity (Wildman–Crippen MR) is 52.1 cm³/mol. The third-order valence-corrected chi connectivity index (χ3v) is 2.25. The number of carbonyl (C=O) groups excluding carboxylic acids is 1. The van der Waals surface area contributed by atoms with Crippen molar-refractivity contribution in [2.45, 2.75) is 5.33 Å². The Labute approximate surface area is 84.5 Å². The van der Waals surface area contributed by atoms with Crippen LogP contribution in [-0.4, -0.2) is 18.2 Å². The second-order valence-electron chi connectivity index (χ2n) is 2.47. The Morgan fingerprint density at radius 3 is 2.85 bits per heavy atom. The van der Waals surface area contributed by atoms with Crippen LogP contribution in [0, 0.1) is 0 Å². The zero-order chi connectivity index (χ0) is 9.84. The van der Waals surface area contributed by atoms with E-state index >= 15 is 0 Å². The topological polar surface area (TPSA) is 46.5 Å². The smallest absolute Gasteiger partial charge is 0.338 e. The molecule has 0 spiro atoms. The minimum atomic E-state index is -0.439. The fraction of sp³-hybridized carbons (Fsp3) is 0.222. The minimum absolute atomic E-state index is 0.0603. The van der Waals surface area contributed by atoms with Gasteiger partial charge in [0.1, 0.15) is 5.75 Å². The van der Waals surface area contributed by atoms with E-state index in [1.807, 2.05) is 0 Å². The maximum Gasteiger partial charge on any atom is 0.338 e. The number of ether oxygens (including phenoxy) is 1. The summed E-state index contributed by atoms with van der Waals surface area (Å²) in [5, 5.41) is 9.71. The lowest BCUT2D eigenvalue weighted by Gasteiger charge is -2.04. The summed E-state index contributed by atoms with van der Waals surface area (Å²) in [6.07, 6.45) is 0. The van der Waals surface area contributed by atoms with Crippen LogP contribution in [0.3, 0.4) is 0 Å². The van der Waals surface area contributed by atoms with E-state index < -0.39 is 5.97 Å². The molecule has 1 rings (SSSR count). The number of methoxy groups -OCH3 is 1. The molecule has 0 aliphatic heterocycles. The molecular formula is C9H9BrO3. The second-order valence-corrected chi connectivity index (χ2v) is 3.03. The largest absolute Gasteiger partial charge is 0.508 e. The highest BCUT2D eigenvalue weighted by molar-refractivity contribution is 9.08. The molecule has 0 aliphatic carbocycles. The Kier molecular flexibility index (Phi) is 3.31. The van der Waals surface area contributed by atoms with E-state index in [-0.39, 0.29) is 5.75 Å². The average Bonchev–Trinajstić information content (AvgIpc) is 2.16. The van der Waals surface area contributed by atoms with Gasteiger partial charge in [-0.25, -0.2) is 4.79 Å². The molecule has 0 amide bonds. The number of phenolic OH excluding ortho intramolecular Hbond substituents is 1. The summed E-state index contributed by atoms with van der Waals surface area (Å²) in [7, 11) is 1.31. The first kappa shape index (κ1) is 10.1. The van der Waals surface area contributed by atoms with E-state index in [2.05, 4.69) is 20.7 Å². The Morgan fingerprint density at radius 2 is 2.31 bits per heavy atom. The van der Waals surface area contributed by atoms with Crippen molar-refractivity contribution >= 4 is 21.9 Å². The van der Waals surface area contributed by atoms with E-state index in [0.29, 0.717) is 10.9 Å². The molecule has 0 saturated heterocycles. The lowest BCUT2D eigenvalue weighted by Crippen LogP contribution is -2.04. The van der Waals surface area contributed by atoms with Gasteiger partial charge < -0.3 is 9.84 Å². The van der Waals surface area contributed by atoms with Crippen LogP contribution in [-0.2, 0) is 10.1 Å². The van der Waals surface area contributed by atoms with Gasteiger partial charge in [0.05, 0.1) is 12.7 Å². The first-order chi connectivity index (χ1) is 6.19. The molecule has 0 atom stereocenters. The molecule has 1 aromatic carbocycles. The van der Waals surface area contributed by atoms with Gasteiger partial charge in [-0.05, 0) is 17.7 Å². The average molecular weight is 245 g/mol. The monoisotopic (exact) mass is 244 g/mol. The number of hydrogen-bond donors (Lipinski definition) is 1. The van der Waals surface area contributed by atoms with Crippen molar-refractivity contribution in [3.05, 3.63) is 29.3 Å². The summed E-state index contributed by atoms with van der Waals surface area (Å²) in [5.74, 6) is -0.379. The highest BCUT2D eigenvalue weighted by atomic mass is 79.9. The first-order valence-electron chi connectivity index (χ1n) is 3.65. The second kappa shape index (κ2) is 4.28. The minimum Gasteiger partial charge on any atom is -0.508 e. The molecule has 0 fully saturated rings. The maximum atomic E-state index is 11.2. The van der Waals surface area contributed by atoms with Crippen LogP contribution in [0.25, 0.3) is 0 Å². The third kappa shape index (κ3) is 2.21. The van der Waals surface area contributed by atoms with Gasteiger partial charge in [-0.1, -0.05) is 22.0 Å². The van der Waals surface area contributed by atoms with E-state index in [1.54, 1.807) is 6.07 Å². The van der Waals surface area contributed by atoms with Crippen LogP contribution in [0.4, 0.5) is 0 Å². The quantitative estimate of drug-likeness (QED) is 0.640. The molecule has 1 N–H and O–H groups in total. The van der Waals surface area contributed by atoms with Crippen molar-refractivity contribution in [1.29, 1.82) is 0 Å². The zero-order valence-corrected chi connectivity index (χ0v) is 8.67. The van der Waals surface area contributed by atoms with Crippen LogP contribution in [0.2, 0.25) is 0 Å². The molecule has 0 unspecified atom stereocenters. The molecule has 0 radical (unpaired) electrons. The number of hydrogen-bond acceptors (Lipinski definition) is 3. The normalized spacial score (nSPS) is 9.69. The molecule has 4 heteroatoms. The van der Waals surface area contributed by atoms with Gasteiger partial charge in [0.2, 0.25) is 0 Å². The van der Waals surface area contributed by atoms with Crippen molar-refractivity contribution in [1.82, 2.24) is 0 Å². The van der Waals surface area contributed by atoms with Crippen LogP contribution < -0.4 is 0 Å². The maximum absolute atomic E-state index is 11.2. The van der Waals surface area contributed by atoms with Crippen molar-refractivity contribution < 1.29 is 14.6 Å². The number of esters is 1.